The number of benzene rings is 2. The second-order valence-electron chi connectivity index (χ2n) is 8.55. The lowest BCUT2D eigenvalue weighted by Crippen LogP contribution is -2.19. The highest BCUT2D eigenvalue weighted by Gasteiger charge is 2.36. The molecular formula is C25H27F3N5O6P. The Morgan fingerprint density at radius 2 is 1.82 bits per heavy atom. The third-order valence-corrected chi connectivity index (χ3v) is 7.86. The van der Waals surface area contributed by atoms with E-state index < -0.39 is 31.1 Å². The summed E-state index contributed by atoms with van der Waals surface area (Å²) in [6.07, 6.45) is -4.20. The lowest BCUT2D eigenvalue weighted by molar-refractivity contribution is -0.137. The number of nitrogens with one attached hydrogen (secondary N) is 2. The van der Waals surface area contributed by atoms with Gasteiger partial charge in [0.15, 0.2) is 0 Å². The van der Waals surface area contributed by atoms with Crippen molar-refractivity contribution in [3.8, 4) is 5.75 Å². The highest BCUT2D eigenvalue weighted by Crippen LogP contribution is 2.51. The molecule has 0 fully saturated rings. The number of amides is 1. The van der Waals surface area contributed by atoms with E-state index in [1.807, 2.05) is 0 Å². The summed E-state index contributed by atoms with van der Waals surface area (Å²) in [6, 6.07) is 9.35. The molecule has 1 amide bonds. The molecule has 0 bridgehead atoms. The number of methoxy groups -OCH3 is 1. The average molecular weight is 581 g/mol. The zero-order valence-corrected chi connectivity index (χ0v) is 22.7. The predicted molar refractivity (Wildman–Crippen MR) is 139 cm³/mol. The zero-order chi connectivity index (χ0) is 29.1. The van der Waals surface area contributed by atoms with Crippen LogP contribution in [0, 0.1) is 0 Å². The molecule has 0 aliphatic carbocycles. The van der Waals surface area contributed by atoms with Crippen molar-refractivity contribution < 1.29 is 41.5 Å². The third kappa shape index (κ3) is 6.36. The fourth-order valence-electron chi connectivity index (χ4n) is 4.13. The lowest BCUT2D eigenvalue weighted by Gasteiger charge is -2.18. The van der Waals surface area contributed by atoms with Crippen LogP contribution in [0.25, 0.3) is 0 Å². The number of ether oxygens (including phenoxy) is 1. The van der Waals surface area contributed by atoms with Crippen LogP contribution in [0.15, 0.2) is 42.6 Å². The summed E-state index contributed by atoms with van der Waals surface area (Å²) >= 11 is 0. The third-order valence-electron chi connectivity index (χ3n) is 5.81. The van der Waals surface area contributed by atoms with Gasteiger partial charge in [-0.25, -0.2) is 10.0 Å². The molecule has 0 unspecified atom stereocenters. The smallest absolute Gasteiger partial charge is 0.421 e. The van der Waals surface area contributed by atoms with Crippen molar-refractivity contribution in [3.05, 3.63) is 64.8 Å². The Labute approximate surface area is 227 Å². The molecule has 3 aromatic rings. The van der Waals surface area contributed by atoms with Crippen LogP contribution < -0.4 is 15.4 Å². The Bertz CT molecular complexity index is 1440. The number of carbonyl (C=O) groups excluding carboxylic acids is 1. The van der Waals surface area contributed by atoms with Crippen LogP contribution in [0.5, 0.6) is 5.75 Å². The summed E-state index contributed by atoms with van der Waals surface area (Å²) in [5.41, 5.74) is 0.285. The van der Waals surface area contributed by atoms with E-state index in [0.29, 0.717) is 28.1 Å². The molecule has 11 nitrogen and oxygen atoms in total. The number of rotatable bonds is 11. The molecule has 40 heavy (non-hydrogen) atoms. The number of nitrogens with zero attached hydrogens (tertiary/aromatic N) is 3. The molecule has 2 heterocycles. The molecule has 3 N–H and O–H groups in total. The maximum atomic E-state index is 13.8. The second kappa shape index (κ2) is 11.8. The average Bonchev–Trinajstić information content (AvgIpc) is 3.18. The van der Waals surface area contributed by atoms with Crippen molar-refractivity contribution in [2.45, 2.75) is 32.7 Å². The van der Waals surface area contributed by atoms with Gasteiger partial charge in [-0.2, -0.15) is 18.2 Å². The van der Waals surface area contributed by atoms with Crippen LogP contribution in [-0.2, 0) is 32.5 Å². The molecule has 0 spiro atoms. The van der Waals surface area contributed by atoms with Gasteiger partial charge in [-0.3, -0.25) is 14.6 Å². The first-order valence-corrected chi connectivity index (χ1v) is 13.9. The Hall–Kier alpha value is -3.71. The Balaban J connectivity index is 1.65. The molecular weight excluding hydrogens is 554 g/mol. The Kier molecular flexibility index (Phi) is 8.64. The van der Waals surface area contributed by atoms with E-state index in [1.165, 1.54) is 13.2 Å². The van der Waals surface area contributed by atoms with Crippen molar-refractivity contribution in [2.75, 3.05) is 31.0 Å². The molecule has 15 heteroatoms. The summed E-state index contributed by atoms with van der Waals surface area (Å²) in [7, 11) is -1.99. The number of aromatic nitrogens is 2. The van der Waals surface area contributed by atoms with E-state index in [9.17, 15) is 27.7 Å². The van der Waals surface area contributed by atoms with Crippen molar-refractivity contribution in [3.63, 3.8) is 0 Å². The summed E-state index contributed by atoms with van der Waals surface area (Å²) in [5.74, 6) is -1.27. The van der Waals surface area contributed by atoms with Crippen LogP contribution >= 0.6 is 7.60 Å². The van der Waals surface area contributed by atoms with Crippen molar-refractivity contribution in [2.24, 2.45) is 0 Å². The van der Waals surface area contributed by atoms with E-state index in [0.717, 1.165) is 0 Å². The second-order valence-corrected chi connectivity index (χ2v) is 10.6. The minimum Gasteiger partial charge on any atom is -0.495 e. The number of halogens is 3. The molecule has 4 rings (SSSR count). The standard InChI is InChI=1S/C25H27F3N5O6P/c1-4-38-40(36,39-5-2)14-15-9-10-18(20(11-15)37-3)31-24-29-12-17(25(26,27)28)22(32-24)30-19-8-6-7-16-13-33(35)23(34)21(16)19/h6-12,35H,4-5,13-14H2,1-3H3,(H2,29,30,31,32). The van der Waals surface area contributed by atoms with Gasteiger partial charge < -0.3 is 24.4 Å². The fraction of sp³-hybridized carbons (Fsp3) is 0.320. The van der Waals surface area contributed by atoms with E-state index in [2.05, 4.69) is 20.6 Å². The van der Waals surface area contributed by atoms with Gasteiger partial charge in [0.1, 0.15) is 17.1 Å². The van der Waals surface area contributed by atoms with Gasteiger partial charge >= 0.3 is 13.8 Å². The van der Waals surface area contributed by atoms with Crippen molar-refractivity contribution in [1.82, 2.24) is 15.0 Å². The van der Waals surface area contributed by atoms with Crippen molar-refractivity contribution >= 4 is 36.6 Å². The minimum atomic E-state index is -4.81. The molecule has 1 aliphatic heterocycles. The predicted octanol–water partition coefficient (Wildman–Crippen LogP) is 6.10. The highest BCUT2D eigenvalue weighted by molar-refractivity contribution is 7.53. The number of hydrogen-bond donors (Lipinski definition) is 3. The van der Waals surface area contributed by atoms with E-state index >= 15 is 0 Å². The number of anilines is 4. The Morgan fingerprint density at radius 3 is 2.48 bits per heavy atom. The SMILES string of the molecule is CCOP(=O)(Cc1ccc(Nc2ncc(C(F)(F)F)c(Nc3cccc4c3C(=O)N(O)C4)n2)c(OC)c1)OCC. The largest absolute Gasteiger partial charge is 0.495 e. The maximum Gasteiger partial charge on any atom is 0.421 e. The number of fused-ring (bicyclic) bond motifs is 1. The van der Waals surface area contributed by atoms with E-state index in [-0.39, 0.29) is 48.9 Å². The lowest BCUT2D eigenvalue weighted by atomic mass is 10.1. The molecule has 0 atom stereocenters. The quantitative estimate of drug-likeness (QED) is 0.180. The van der Waals surface area contributed by atoms with Crippen LogP contribution in [0.2, 0.25) is 0 Å². The molecule has 214 valence electrons. The Morgan fingerprint density at radius 1 is 1.10 bits per heavy atom. The zero-order valence-electron chi connectivity index (χ0n) is 21.8. The van der Waals surface area contributed by atoms with Gasteiger partial charge in [0, 0.05) is 6.20 Å². The van der Waals surface area contributed by atoms with Gasteiger partial charge in [-0.15, -0.1) is 0 Å². The number of hydroxylamine groups is 2. The number of alkyl halides is 3. The van der Waals surface area contributed by atoms with E-state index in [1.54, 1.807) is 44.2 Å². The van der Waals surface area contributed by atoms with Crippen LogP contribution in [0.4, 0.5) is 36.3 Å². The van der Waals surface area contributed by atoms with Gasteiger partial charge in [0.05, 0.1) is 50.0 Å². The van der Waals surface area contributed by atoms with Crippen molar-refractivity contribution in [1.29, 1.82) is 0 Å². The fourth-order valence-corrected chi connectivity index (χ4v) is 5.81. The van der Waals surface area contributed by atoms with Crippen LogP contribution in [-0.4, -0.2) is 46.5 Å². The maximum absolute atomic E-state index is 13.8. The monoisotopic (exact) mass is 581 g/mol. The summed E-state index contributed by atoms with van der Waals surface area (Å²) in [5, 5.41) is 15.7. The molecule has 0 saturated heterocycles. The first-order valence-electron chi connectivity index (χ1n) is 12.1. The molecule has 1 aliphatic rings. The van der Waals surface area contributed by atoms with E-state index in [4.69, 9.17) is 13.8 Å². The van der Waals surface area contributed by atoms with Gasteiger partial charge in [0.2, 0.25) is 5.95 Å². The van der Waals surface area contributed by atoms with Gasteiger partial charge in [0.25, 0.3) is 5.91 Å². The first-order chi connectivity index (χ1) is 19.0. The number of carbonyl (C=O) groups is 1. The van der Waals surface area contributed by atoms with Crippen LogP contribution in [0.3, 0.4) is 0 Å². The molecule has 2 aromatic carbocycles. The minimum absolute atomic E-state index is 0.0123. The summed E-state index contributed by atoms with van der Waals surface area (Å²) in [4.78, 5) is 20.2. The van der Waals surface area contributed by atoms with Gasteiger partial charge in [-0.1, -0.05) is 18.2 Å². The first kappa shape index (κ1) is 29.3. The summed E-state index contributed by atoms with van der Waals surface area (Å²) in [6.45, 7) is 3.72. The normalized spacial score (nSPS) is 13.4. The van der Waals surface area contributed by atoms with Crippen LogP contribution in [0.1, 0.15) is 40.9 Å². The summed E-state index contributed by atoms with van der Waals surface area (Å²) < 4.78 is 70.4. The molecule has 1 aromatic heterocycles. The topological polar surface area (TPSA) is 135 Å². The molecule has 0 radical (unpaired) electrons. The highest BCUT2D eigenvalue weighted by atomic mass is 31.2. The molecule has 0 saturated carbocycles. The van der Waals surface area contributed by atoms with Gasteiger partial charge in [-0.05, 0) is 43.2 Å². The number of hydrogen-bond acceptors (Lipinski definition) is 10.